The van der Waals surface area contributed by atoms with Crippen LogP contribution in [0.4, 0.5) is 10.6 Å². The lowest BCUT2D eigenvalue weighted by atomic mass is 10.6. The smallest absolute Gasteiger partial charge is 0.371 e. The van der Waals surface area contributed by atoms with Crippen molar-refractivity contribution in [3.63, 3.8) is 0 Å². The number of aromatic nitrogens is 2. The van der Waals surface area contributed by atoms with Crippen molar-refractivity contribution in [3.8, 4) is 0 Å². The number of aromatic carboxylic acids is 1. The van der Waals surface area contributed by atoms with E-state index in [2.05, 4.69) is 15.3 Å². The number of hydrogen-bond donors (Lipinski definition) is 5. The second kappa shape index (κ2) is 3.54. The Labute approximate surface area is 72.1 Å². The molecule has 13 heavy (non-hydrogen) atoms. The molecule has 0 saturated carbocycles. The number of anilines is 1. The quantitative estimate of drug-likeness (QED) is 0.231. The molecule has 8 heteroatoms. The Balaban J connectivity index is 2.69. The molecule has 1 aromatic heterocycles. The molecule has 1 heterocycles. The van der Waals surface area contributed by atoms with Crippen LogP contribution < -0.4 is 16.6 Å². The van der Waals surface area contributed by atoms with Gasteiger partial charge in [0.05, 0.1) is 6.20 Å². The third kappa shape index (κ3) is 2.17. The first-order chi connectivity index (χ1) is 6.13. The molecule has 1 aromatic rings. The summed E-state index contributed by atoms with van der Waals surface area (Å²) in [7, 11) is 0. The summed E-state index contributed by atoms with van der Waals surface area (Å²) in [5.74, 6) is 3.46. The highest BCUT2D eigenvalue weighted by molar-refractivity contribution is 5.89. The largest absolute Gasteiger partial charge is 0.475 e. The zero-order valence-corrected chi connectivity index (χ0v) is 6.37. The first-order valence-corrected chi connectivity index (χ1v) is 3.19. The van der Waals surface area contributed by atoms with Gasteiger partial charge in [-0.25, -0.2) is 20.4 Å². The highest BCUT2D eigenvalue weighted by Gasteiger charge is 2.08. The van der Waals surface area contributed by atoms with Crippen molar-refractivity contribution in [2.45, 2.75) is 0 Å². The third-order valence-electron chi connectivity index (χ3n) is 1.16. The average Bonchev–Trinajstić information content (AvgIpc) is 2.52. The summed E-state index contributed by atoms with van der Waals surface area (Å²) in [6, 6.07) is -0.666. The van der Waals surface area contributed by atoms with Gasteiger partial charge in [0.1, 0.15) is 5.82 Å². The number of rotatable bonds is 2. The van der Waals surface area contributed by atoms with Gasteiger partial charge in [0.15, 0.2) is 0 Å². The van der Waals surface area contributed by atoms with Crippen molar-refractivity contribution in [2.75, 3.05) is 5.32 Å². The number of imidazole rings is 1. The van der Waals surface area contributed by atoms with Gasteiger partial charge in [-0.2, -0.15) is 0 Å². The summed E-state index contributed by atoms with van der Waals surface area (Å²) in [6.45, 7) is 0. The fraction of sp³-hybridized carbons (Fsp3) is 0. The van der Waals surface area contributed by atoms with Gasteiger partial charge in [0.2, 0.25) is 5.82 Å². The maximum atomic E-state index is 10.6. The molecule has 70 valence electrons. The van der Waals surface area contributed by atoms with Gasteiger partial charge in [0, 0.05) is 0 Å². The van der Waals surface area contributed by atoms with E-state index in [-0.39, 0.29) is 11.6 Å². The minimum absolute atomic E-state index is 0.153. The first-order valence-electron chi connectivity index (χ1n) is 3.19. The van der Waals surface area contributed by atoms with Crippen molar-refractivity contribution < 1.29 is 14.7 Å². The minimum Gasteiger partial charge on any atom is -0.475 e. The van der Waals surface area contributed by atoms with E-state index >= 15 is 0 Å². The van der Waals surface area contributed by atoms with Crippen LogP contribution in [-0.4, -0.2) is 27.1 Å². The van der Waals surface area contributed by atoms with Crippen LogP contribution in [0.1, 0.15) is 10.6 Å². The summed E-state index contributed by atoms with van der Waals surface area (Å²) >= 11 is 0. The predicted octanol–water partition coefficient (Wildman–Crippen LogP) is -0.897. The number of amides is 2. The number of nitrogens with one attached hydrogen (secondary N) is 3. The molecule has 0 aliphatic carbocycles. The molecule has 1 rings (SSSR count). The molecular formula is C5H7N5O3. The molecule has 2 amide bonds. The number of carboxylic acid groups (broad SMARTS) is 1. The Morgan fingerprint density at radius 2 is 2.31 bits per heavy atom. The van der Waals surface area contributed by atoms with E-state index in [9.17, 15) is 9.59 Å². The van der Waals surface area contributed by atoms with Crippen molar-refractivity contribution in [1.82, 2.24) is 15.4 Å². The molecule has 0 aromatic carbocycles. The van der Waals surface area contributed by atoms with Crippen molar-refractivity contribution >= 4 is 17.8 Å². The third-order valence-corrected chi connectivity index (χ3v) is 1.16. The normalized spacial score (nSPS) is 9.31. The first kappa shape index (κ1) is 9.00. The highest BCUT2D eigenvalue weighted by atomic mass is 16.4. The van der Waals surface area contributed by atoms with Gasteiger partial charge in [-0.3, -0.25) is 10.7 Å². The molecule has 0 unspecified atom stereocenters. The summed E-state index contributed by atoms with van der Waals surface area (Å²) in [6.07, 6.45) is 1.17. The molecule has 0 saturated heterocycles. The lowest BCUT2D eigenvalue weighted by Gasteiger charge is -1.98. The van der Waals surface area contributed by atoms with E-state index in [0.29, 0.717) is 0 Å². The van der Waals surface area contributed by atoms with E-state index in [1.165, 1.54) is 6.20 Å². The molecule has 6 N–H and O–H groups in total. The van der Waals surface area contributed by atoms with Crippen LogP contribution in [0.15, 0.2) is 6.20 Å². The van der Waals surface area contributed by atoms with Gasteiger partial charge in [-0.05, 0) is 0 Å². The Morgan fingerprint density at radius 3 is 2.77 bits per heavy atom. The van der Waals surface area contributed by atoms with Gasteiger partial charge in [-0.15, -0.1) is 0 Å². The summed E-state index contributed by atoms with van der Waals surface area (Å²) in [4.78, 5) is 26.7. The number of H-pyrrole nitrogens is 1. The summed E-state index contributed by atoms with van der Waals surface area (Å²) in [5, 5.41) is 10.7. The fourth-order valence-electron chi connectivity index (χ4n) is 0.652. The van der Waals surface area contributed by atoms with Crippen LogP contribution in [0.3, 0.4) is 0 Å². The predicted molar refractivity (Wildman–Crippen MR) is 41.9 cm³/mol. The van der Waals surface area contributed by atoms with Gasteiger partial charge in [0.25, 0.3) is 0 Å². The monoisotopic (exact) mass is 185 g/mol. The Bertz CT molecular complexity index is 333. The van der Waals surface area contributed by atoms with E-state index in [1.54, 1.807) is 5.43 Å². The number of hydrazine groups is 1. The molecule has 0 aliphatic heterocycles. The van der Waals surface area contributed by atoms with Crippen LogP contribution >= 0.6 is 0 Å². The number of carbonyl (C=O) groups is 2. The second-order valence-corrected chi connectivity index (χ2v) is 2.05. The number of hydrogen-bond acceptors (Lipinski definition) is 4. The van der Waals surface area contributed by atoms with Gasteiger partial charge in [-0.1, -0.05) is 0 Å². The average molecular weight is 185 g/mol. The second-order valence-electron chi connectivity index (χ2n) is 2.05. The number of urea groups is 1. The minimum atomic E-state index is -1.21. The number of nitrogens with two attached hydrogens (primary N) is 1. The number of nitrogens with zero attached hydrogens (tertiary/aromatic N) is 1. The molecular weight excluding hydrogens is 178 g/mol. The molecule has 0 radical (unpaired) electrons. The standard InChI is InChI=1S/C5H7N5O3/c6-10-5(13)9-2-1-7-3(8-2)4(11)12/h1H,6H2,(H,7,8)(H,11,12)(H2,9,10,13). The zero-order chi connectivity index (χ0) is 9.84. The Morgan fingerprint density at radius 1 is 1.62 bits per heavy atom. The molecule has 0 fully saturated rings. The molecule has 0 aliphatic rings. The van der Waals surface area contributed by atoms with Crippen LogP contribution in [0.5, 0.6) is 0 Å². The molecule has 8 nitrogen and oxygen atoms in total. The van der Waals surface area contributed by atoms with Gasteiger partial charge >= 0.3 is 12.0 Å². The topological polar surface area (TPSA) is 133 Å². The van der Waals surface area contributed by atoms with Gasteiger partial charge < -0.3 is 10.1 Å². The Hall–Kier alpha value is -2.09. The van der Waals surface area contributed by atoms with E-state index in [0.717, 1.165) is 0 Å². The van der Waals surface area contributed by atoms with Crippen molar-refractivity contribution in [1.29, 1.82) is 0 Å². The SMILES string of the molecule is NNC(=O)Nc1cnc(C(=O)O)[nH]1. The summed E-state index contributed by atoms with van der Waals surface area (Å²) < 4.78 is 0. The van der Waals surface area contributed by atoms with E-state index in [1.807, 2.05) is 0 Å². The zero-order valence-electron chi connectivity index (χ0n) is 6.37. The maximum Gasteiger partial charge on any atom is 0.371 e. The number of carbonyl (C=O) groups excluding carboxylic acids is 1. The molecule has 0 atom stereocenters. The molecule has 0 bridgehead atoms. The van der Waals surface area contributed by atoms with Crippen LogP contribution in [-0.2, 0) is 0 Å². The summed E-state index contributed by atoms with van der Waals surface area (Å²) in [5.41, 5.74) is 1.81. The highest BCUT2D eigenvalue weighted by Crippen LogP contribution is 2.02. The van der Waals surface area contributed by atoms with Crippen LogP contribution in [0.2, 0.25) is 0 Å². The number of carboxylic acids is 1. The fourth-order valence-corrected chi connectivity index (χ4v) is 0.652. The van der Waals surface area contributed by atoms with Crippen molar-refractivity contribution in [3.05, 3.63) is 12.0 Å². The maximum absolute atomic E-state index is 10.6. The van der Waals surface area contributed by atoms with Crippen LogP contribution in [0, 0.1) is 0 Å². The number of aromatic amines is 1. The lowest BCUT2D eigenvalue weighted by molar-refractivity contribution is 0.0685. The lowest BCUT2D eigenvalue weighted by Crippen LogP contribution is -2.34. The van der Waals surface area contributed by atoms with Crippen molar-refractivity contribution in [2.24, 2.45) is 5.84 Å². The van der Waals surface area contributed by atoms with E-state index < -0.39 is 12.0 Å². The van der Waals surface area contributed by atoms with Crippen LogP contribution in [0.25, 0.3) is 0 Å². The molecule has 0 spiro atoms. The van der Waals surface area contributed by atoms with E-state index in [4.69, 9.17) is 10.9 Å². The Kier molecular flexibility index (Phi) is 2.45.